The number of amides is 3. The summed E-state index contributed by atoms with van der Waals surface area (Å²) in [5, 5.41) is 15.3. The first-order valence-electron chi connectivity index (χ1n) is 11.5. The molecule has 7 nitrogen and oxygen atoms in total. The molecule has 3 aromatic rings. The summed E-state index contributed by atoms with van der Waals surface area (Å²) < 4.78 is 0. The van der Waals surface area contributed by atoms with E-state index in [0.717, 1.165) is 12.0 Å². The summed E-state index contributed by atoms with van der Waals surface area (Å²) in [5.74, 6) is -0.382. The molecule has 7 heteroatoms. The number of hydrogen-bond donors (Lipinski definition) is 3. The van der Waals surface area contributed by atoms with Crippen molar-refractivity contribution in [2.75, 3.05) is 10.6 Å². The predicted molar refractivity (Wildman–Crippen MR) is 136 cm³/mol. The molecule has 0 saturated heterocycles. The van der Waals surface area contributed by atoms with Crippen LogP contribution in [0.25, 0.3) is 0 Å². The molecule has 0 spiro atoms. The van der Waals surface area contributed by atoms with Gasteiger partial charge in [0.05, 0.1) is 0 Å². The summed E-state index contributed by atoms with van der Waals surface area (Å²) >= 11 is 0. The van der Waals surface area contributed by atoms with E-state index in [1.54, 1.807) is 48.5 Å². The molecule has 0 aromatic heterocycles. The minimum atomic E-state index is -0.906. The van der Waals surface area contributed by atoms with Gasteiger partial charge in [0.1, 0.15) is 0 Å². The second-order valence-electron chi connectivity index (χ2n) is 9.71. The normalized spacial score (nSPS) is 16.8. The lowest BCUT2D eigenvalue weighted by Crippen LogP contribution is -2.46. The van der Waals surface area contributed by atoms with Crippen molar-refractivity contribution in [1.82, 2.24) is 4.90 Å². The van der Waals surface area contributed by atoms with Crippen LogP contribution in [-0.2, 0) is 0 Å². The smallest absolute Gasteiger partial charge is 0.408 e. The van der Waals surface area contributed by atoms with Gasteiger partial charge in [-0.3, -0.25) is 14.5 Å². The first-order valence-corrected chi connectivity index (χ1v) is 11.5. The highest BCUT2D eigenvalue weighted by Crippen LogP contribution is 2.47. The van der Waals surface area contributed by atoms with Gasteiger partial charge in [0, 0.05) is 40.0 Å². The Morgan fingerprint density at radius 1 is 0.800 bits per heavy atom. The van der Waals surface area contributed by atoms with Gasteiger partial charge in [0.15, 0.2) is 0 Å². The number of nitrogens with zero attached hydrogens (tertiary/aromatic N) is 1. The zero-order valence-corrected chi connectivity index (χ0v) is 20.0. The molecule has 3 N–H and O–H groups in total. The maximum Gasteiger partial charge on any atom is 0.408 e. The van der Waals surface area contributed by atoms with E-state index in [4.69, 9.17) is 0 Å². The zero-order valence-electron chi connectivity index (χ0n) is 20.0. The Labute approximate surface area is 204 Å². The summed E-state index contributed by atoms with van der Waals surface area (Å²) in [6.07, 6.45) is -0.118. The Morgan fingerprint density at radius 2 is 1.40 bits per heavy atom. The first-order chi connectivity index (χ1) is 16.6. The molecule has 2 atom stereocenters. The van der Waals surface area contributed by atoms with Crippen molar-refractivity contribution in [1.29, 1.82) is 0 Å². The van der Waals surface area contributed by atoms with E-state index in [2.05, 4.69) is 10.6 Å². The van der Waals surface area contributed by atoms with Gasteiger partial charge in [-0.15, -0.1) is 0 Å². The molecule has 1 saturated carbocycles. The molecule has 1 aliphatic rings. The number of benzene rings is 3. The lowest BCUT2D eigenvalue weighted by Gasteiger charge is -2.33. The van der Waals surface area contributed by atoms with Gasteiger partial charge in [0.2, 0.25) is 0 Å². The van der Waals surface area contributed by atoms with E-state index in [0.29, 0.717) is 22.5 Å². The van der Waals surface area contributed by atoms with Gasteiger partial charge in [-0.25, -0.2) is 4.79 Å². The number of hydrogen-bond acceptors (Lipinski definition) is 3. The van der Waals surface area contributed by atoms with E-state index in [1.165, 1.54) is 4.90 Å². The van der Waals surface area contributed by atoms with Crippen molar-refractivity contribution < 1.29 is 19.5 Å². The molecule has 0 bridgehead atoms. The zero-order chi connectivity index (χ0) is 25.2. The van der Waals surface area contributed by atoms with Crippen molar-refractivity contribution in [3.8, 4) is 0 Å². The molecule has 3 amide bonds. The van der Waals surface area contributed by atoms with Crippen molar-refractivity contribution in [3.63, 3.8) is 0 Å². The Morgan fingerprint density at radius 3 is 2.03 bits per heavy atom. The number of rotatable bonds is 6. The summed E-state index contributed by atoms with van der Waals surface area (Å²) in [7, 11) is 0. The molecule has 0 aliphatic heterocycles. The van der Waals surface area contributed by atoms with Gasteiger partial charge < -0.3 is 15.7 Å². The third kappa shape index (κ3) is 5.69. The predicted octanol–water partition coefficient (Wildman–Crippen LogP) is 5.83. The summed E-state index contributed by atoms with van der Waals surface area (Å²) in [6.45, 7) is 5.70. The van der Waals surface area contributed by atoms with Crippen LogP contribution in [0, 0.1) is 0 Å². The molecular weight excluding hydrogens is 442 g/mol. The standard InChI is InChI=1S/C28H29N3O4/c1-28(2,3)31(27(34)35)24-17-23(24)18-12-14-21(15-13-18)29-26(33)20-10-7-11-22(16-20)30-25(32)19-8-5-4-6-9-19/h4-16,23-24H,17H2,1-3H3,(H,29,33)(H,30,32)(H,34,35). The van der Waals surface area contributed by atoms with Gasteiger partial charge in [0.25, 0.3) is 11.8 Å². The van der Waals surface area contributed by atoms with Crippen LogP contribution in [0.15, 0.2) is 78.9 Å². The van der Waals surface area contributed by atoms with E-state index < -0.39 is 11.6 Å². The number of carboxylic acid groups (broad SMARTS) is 1. The minimum Gasteiger partial charge on any atom is -0.465 e. The van der Waals surface area contributed by atoms with Crippen LogP contribution in [0.5, 0.6) is 0 Å². The van der Waals surface area contributed by atoms with Crippen LogP contribution >= 0.6 is 0 Å². The first kappa shape index (κ1) is 24.0. The molecule has 1 fully saturated rings. The number of carbonyl (C=O) groups excluding carboxylic acids is 2. The highest BCUT2D eigenvalue weighted by atomic mass is 16.4. The van der Waals surface area contributed by atoms with Crippen molar-refractivity contribution in [2.45, 2.75) is 44.7 Å². The fourth-order valence-corrected chi connectivity index (χ4v) is 4.30. The topological polar surface area (TPSA) is 98.7 Å². The molecule has 35 heavy (non-hydrogen) atoms. The van der Waals surface area contributed by atoms with E-state index >= 15 is 0 Å². The Bertz CT molecular complexity index is 1230. The van der Waals surface area contributed by atoms with Gasteiger partial charge in [-0.2, -0.15) is 0 Å². The third-order valence-corrected chi connectivity index (χ3v) is 6.03. The highest BCUT2D eigenvalue weighted by Gasteiger charge is 2.48. The Hall–Kier alpha value is -4.13. The van der Waals surface area contributed by atoms with Crippen LogP contribution in [0.4, 0.5) is 16.2 Å². The van der Waals surface area contributed by atoms with E-state index in [-0.39, 0.29) is 23.8 Å². The Kier molecular flexibility index (Phi) is 6.60. The van der Waals surface area contributed by atoms with Crippen LogP contribution in [0.1, 0.15) is 59.4 Å². The van der Waals surface area contributed by atoms with Crippen molar-refractivity contribution in [3.05, 3.63) is 95.6 Å². The maximum absolute atomic E-state index is 12.8. The molecule has 3 aromatic carbocycles. The van der Waals surface area contributed by atoms with Gasteiger partial charge in [-0.1, -0.05) is 36.4 Å². The quantitative estimate of drug-likeness (QED) is 0.421. The molecule has 4 rings (SSSR count). The molecule has 2 unspecified atom stereocenters. The summed E-state index contributed by atoms with van der Waals surface area (Å²) in [4.78, 5) is 38.4. The fraction of sp³-hybridized carbons (Fsp3) is 0.250. The average Bonchev–Trinajstić information content (AvgIpc) is 3.59. The lowest BCUT2D eigenvalue weighted by molar-refractivity contribution is 0.0938. The molecule has 1 aliphatic carbocycles. The van der Waals surface area contributed by atoms with Crippen molar-refractivity contribution >= 4 is 29.3 Å². The van der Waals surface area contributed by atoms with Crippen LogP contribution in [-0.4, -0.2) is 39.5 Å². The second-order valence-corrected chi connectivity index (χ2v) is 9.71. The van der Waals surface area contributed by atoms with Crippen LogP contribution in [0.2, 0.25) is 0 Å². The SMILES string of the molecule is CC(C)(C)N(C(=O)O)C1CC1c1ccc(NC(=O)c2cccc(NC(=O)c3ccccc3)c2)cc1. The molecule has 0 heterocycles. The third-order valence-electron chi connectivity index (χ3n) is 6.03. The highest BCUT2D eigenvalue weighted by molar-refractivity contribution is 6.07. The fourth-order valence-electron chi connectivity index (χ4n) is 4.30. The average molecular weight is 472 g/mol. The number of carbonyl (C=O) groups is 3. The minimum absolute atomic E-state index is 0.0400. The Balaban J connectivity index is 1.38. The van der Waals surface area contributed by atoms with E-state index in [9.17, 15) is 19.5 Å². The molecule has 180 valence electrons. The maximum atomic E-state index is 12.8. The van der Waals surface area contributed by atoms with Crippen molar-refractivity contribution in [2.24, 2.45) is 0 Å². The monoisotopic (exact) mass is 471 g/mol. The lowest BCUT2D eigenvalue weighted by atomic mass is 10.0. The number of nitrogens with one attached hydrogen (secondary N) is 2. The number of anilines is 2. The van der Waals surface area contributed by atoms with Gasteiger partial charge >= 0.3 is 6.09 Å². The van der Waals surface area contributed by atoms with Crippen LogP contribution < -0.4 is 10.6 Å². The molecule has 0 radical (unpaired) electrons. The van der Waals surface area contributed by atoms with Crippen LogP contribution in [0.3, 0.4) is 0 Å². The summed E-state index contributed by atoms with van der Waals surface area (Å²) in [6, 6.07) is 23.1. The van der Waals surface area contributed by atoms with Gasteiger partial charge in [-0.05, 0) is 75.2 Å². The van der Waals surface area contributed by atoms with E-state index in [1.807, 2.05) is 51.1 Å². The second kappa shape index (κ2) is 9.62. The largest absolute Gasteiger partial charge is 0.465 e. The summed E-state index contributed by atoms with van der Waals surface area (Å²) in [5.41, 5.74) is 2.71. The molecular formula is C28H29N3O4.